The number of halogens is 2. The topological polar surface area (TPSA) is 57.4 Å². The van der Waals surface area contributed by atoms with Crippen molar-refractivity contribution in [2.24, 2.45) is 4.99 Å². The maximum Gasteiger partial charge on any atom is 0.187 e. The molecule has 0 saturated carbocycles. The third kappa shape index (κ3) is 2.91. The summed E-state index contributed by atoms with van der Waals surface area (Å²) in [5, 5.41) is 11.3. The first-order valence-electron chi connectivity index (χ1n) is 5.78. The lowest BCUT2D eigenvalue weighted by Gasteiger charge is -2.22. The van der Waals surface area contributed by atoms with Crippen molar-refractivity contribution in [2.45, 2.75) is 12.3 Å². The summed E-state index contributed by atoms with van der Waals surface area (Å²) in [6.45, 7) is 0. The Hall–Kier alpha value is -2.48. The van der Waals surface area contributed by atoms with Gasteiger partial charge in [0.2, 0.25) is 0 Å². The fraction of sp³-hybridized carbons (Fsp3) is 0.214. The molecule has 1 N–H and O–H groups in total. The third-order valence-electron chi connectivity index (χ3n) is 2.71. The van der Waals surface area contributed by atoms with Gasteiger partial charge in [-0.05, 0) is 18.2 Å². The summed E-state index contributed by atoms with van der Waals surface area (Å²) in [7, 11) is 1.38. The molecule has 2 unspecified atom stereocenters. The van der Waals surface area contributed by atoms with E-state index in [0.29, 0.717) is 0 Å². The Morgan fingerprint density at radius 3 is 3.00 bits per heavy atom. The molecule has 0 fully saturated rings. The molecule has 2 aliphatic rings. The summed E-state index contributed by atoms with van der Waals surface area (Å²) in [6, 6.07) is 1.81. The second-order valence-electron chi connectivity index (χ2n) is 4.01. The number of nitrogens with one attached hydrogen (secondary N) is 1. The van der Waals surface area contributed by atoms with Crippen LogP contribution in [0.2, 0.25) is 0 Å². The summed E-state index contributed by atoms with van der Waals surface area (Å²) in [4.78, 5) is 3.83. The van der Waals surface area contributed by atoms with Gasteiger partial charge in [0, 0.05) is 19.4 Å². The average molecular weight is 275 g/mol. The van der Waals surface area contributed by atoms with Crippen LogP contribution in [0.5, 0.6) is 0 Å². The first-order chi connectivity index (χ1) is 9.65. The zero-order chi connectivity index (χ0) is 14.5. The van der Waals surface area contributed by atoms with Gasteiger partial charge < -0.3 is 10.1 Å². The second kappa shape index (κ2) is 6.11. The summed E-state index contributed by atoms with van der Waals surface area (Å²) in [5.41, 5.74) is 2.73. The number of hydrogen-bond donors (Lipinski definition) is 1. The molecule has 0 saturated heterocycles. The minimum atomic E-state index is -1.52. The van der Waals surface area contributed by atoms with E-state index in [9.17, 15) is 8.78 Å². The molecule has 0 aromatic heterocycles. The summed E-state index contributed by atoms with van der Waals surface area (Å²) >= 11 is 0. The second-order valence-corrected chi connectivity index (χ2v) is 4.01. The van der Waals surface area contributed by atoms with Crippen molar-refractivity contribution < 1.29 is 13.5 Å². The van der Waals surface area contributed by atoms with Gasteiger partial charge in [-0.25, -0.2) is 13.8 Å². The highest BCUT2D eigenvalue weighted by atomic mass is 19.1. The van der Waals surface area contributed by atoms with Gasteiger partial charge in [-0.3, -0.25) is 0 Å². The smallest absolute Gasteiger partial charge is 0.187 e. The largest absolute Gasteiger partial charge is 0.374 e. The maximum atomic E-state index is 14.0. The number of rotatable bonds is 2. The highest BCUT2D eigenvalue weighted by molar-refractivity contribution is 5.90. The van der Waals surface area contributed by atoms with E-state index in [1.54, 1.807) is 0 Å². The van der Waals surface area contributed by atoms with Gasteiger partial charge in [-0.15, -0.1) is 5.73 Å². The molecule has 2 rings (SSSR count). The standard InChI is InChI=1S/C14H11F2N3O/c1-20-12-5-6-18-14(13(12)16)19-11-4-2-3-9(8-17)7-10(11)15/h3-7,12-13H,1H3,(H,18,19). The van der Waals surface area contributed by atoms with E-state index < -0.39 is 18.1 Å². The van der Waals surface area contributed by atoms with Crippen LogP contribution in [-0.2, 0) is 4.74 Å². The van der Waals surface area contributed by atoms with Gasteiger partial charge in [0.05, 0.1) is 17.3 Å². The van der Waals surface area contributed by atoms with Crippen molar-refractivity contribution in [3.63, 3.8) is 0 Å². The van der Waals surface area contributed by atoms with Crippen molar-refractivity contribution in [1.29, 1.82) is 5.26 Å². The molecule has 0 aromatic rings. The molecule has 0 amide bonds. The van der Waals surface area contributed by atoms with Gasteiger partial charge in [0.25, 0.3) is 0 Å². The number of ether oxygens (including phenoxy) is 1. The number of amidine groups is 1. The normalized spacial score (nSPS) is 24.9. The minimum absolute atomic E-state index is 0.0157. The number of hydrogen-bond acceptors (Lipinski definition) is 4. The molecule has 102 valence electrons. The lowest BCUT2D eigenvalue weighted by atomic mass is 10.1. The van der Waals surface area contributed by atoms with Crippen LogP contribution in [0.3, 0.4) is 0 Å². The SMILES string of the molecule is COC1C=CN=C(NC2=C(F)C=C(C#N)C=C=C2)C1F. The third-order valence-corrected chi connectivity index (χ3v) is 2.71. The molecule has 0 spiro atoms. The first kappa shape index (κ1) is 13.9. The molecular formula is C14H11F2N3O. The molecular weight excluding hydrogens is 264 g/mol. The van der Waals surface area contributed by atoms with Crippen LogP contribution in [-0.4, -0.2) is 25.2 Å². The highest BCUT2D eigenvalue weighted by Crippen LogP contribution is 2.16. The predicted molar refractivity (Wildman–Crippen MR) is 69.9 cm³/mol. The molecule has 0 bridgehead atoms. The van der Waals surface area contributed by atoms with Crippen LogP contribution in [0, 0.1) is 11.3 Å². The Morgan fingerprint density at radius 2 is 2.30 bits per heavy atom. The predicted octanol–water partition coefficient (Wildman–Crippen LogP) is 2.21. The molecule has 0 radical (unpaired) electrons. The van der Waals surface area contributed by atoms with Gasteiger partial charge in [0.1, 0.15) is 17.8 Å². The van der Waals surface area contributed by atoms with E-state index in [0.717, 1.165) is 6.08 Å². The van der Waals surface area contributed by atoms with E-state index in [1.807, 2.05) is 6.07 Å². The van der Waals surface area contributed by atoms with E-state index in [-0.39, 0.29) is 17.1 Å². The van der Waals surface area contributed by atoms with Crippen molar-refractivity contribution in [3.05, 3.63) is 53.3 Å². The Kier molecular flexibility index (Phi) is 4.26. The quantitative estimate of drug-likeness (QED) is 0.786. The van der Waals surface area contributed by atoms with E-state index in [4.69, 9.17) is 10.00 Å². The van der Waals surface area contributed by atoms with Crippen LogP contribution >= 0.6 is 0 Å². The number of aliphatic imine (C=N–C) groups is 1. The molecule has 2 atom stereocenters. The Morgan fingerprint density at radius 1 is 1.50 bits per heavy atom. The molecule has 4 nitrogen and oxygen atoms in total. The number of alkyl halides is 1. The van der Waals surface area contributed by atoms with Crippen LogP contribution < -0.4 is 5.32 Å². The van der Waals surface area contributed by atoms with Gasteiger partial charge in [-0.2, -0.15) is 5.26 Å². The van der Waals surface area contributed by atoms with Gasteiger partial charge in [-0.1, -0.05) is 0 Å². The van der Waals surface area contributed by atoms with Crippen molar-refractivity contribution in [2.75, 3.05) is 7.11 Å². The molecule has 1 heterocycles. The lowest BCUT2D eigenvalue weighted by molar-refractivity contribution is 0.0917. The van der Waals surface area contributed by atoms with Crippen LogP contribution in [0.4, 0.5) is 8.78 Å². The van der Waals surface area contributed by atoms with Crippen LogP contribution in [0.25, 0.3) is 0 Å². The first-order valence-corrected chi connectivity index (χ1v) is 5.78. The zero-order valence-electron chi connectivity index (χ0n) is 10.6. The molecule has 1 aliphatic heterocycles. The van der Waals surface area contributed by atoms with Crippen molar-refractivity contribution in [1.82, 2.24) is 5.32 Å². The van der Waals surface area contributed by atoms with Crippen LogP contribution in [0.1, 0.15) is 0 Å². The zero-order valence-corrected chi connectivity index (χ0v) is 10.6. The molecule has 1 aliphatic carbocycles. The number of nitriles is 1. The Bertz CT molecular complexity index is 631. The molecule has 6 heteroatoms. The monoisotopic (exact) mass is 275 g/mol. The van der Waals surface area contributed by atoms with Gasteiger partial charge in [0.15, 0.2) is 6.17 Å². The number of allylic oxidation sites excluding steroid dienone is 4. The fourth-order valence-corrected chi connectivity index (χ4v) is 1.67. The number of nitrogens with zero attached hydrogens (tertiary/aromatic N) is 2. The van der Waals surface area contributed by atoms with Gasteiger partial charge >= 0.3 is 0 Å². The Labute approximate surface area is 114 Å². The summed E-state index contributed by atoms with van der Waals surface area (Å²) in [6.07, 6.45) is 4.22. The summed E-state index contributed by atoms with van der Waals surface area (Å²) < 4.78 is 32.8. The Balaban J connectivity index is 2.25. The van der Waals surface area contributed by atoms with E-state index in [1.165, 1.54) is 31.5 Å². The van der Waals surface area contributed by atoms with E-state index in [2.05, 4.69) is 16.0 Å². The van der Waals surface area contributed by atoms with Crippen LogP contribution in [0.15, 0.2) is 58.3 Å². The summed E-state index contributed by atoms with van der Waals surface area (Å²) in [5.74, 6) is -0.752. The van der Waals surface area contributed by atoms with Crippen molar-refractivity contribution in [3.8, 4) is 6.07 Å². The molecule has 0 aromatic carbocycles. The molecule has 20 heavy (non-hydrogen) atoms. The fourth-order valence-electron chi connectivity index (χ4n) is 1.67. The average Bonchev–Trinajstić information content (AvgIpc) is 2.63. The van der Waals surface area contributed by atoms with E-state index >= 15 is 0 Å². The maximum absolute atomic E-state index is 14.0. The number of methoxy groups -OCH3 is 1. The van der Waals surface area contributed by atoms with Crippen molar-refractivity contribution >= 4 is 5.84 Å². The minimum Gasteiger partial charge on any atom is -0.374 e. The highest BCUT2D eigenvalue weighted by Gasteiger charge is 2.27. The lowest BCUT2D eigenvalue weighted by Crippen LogP contribution is -2.40.